The van der Waals surface area contributed by atoms with Crippen molar-refractivity contribution in [1.82, 2.24) is 15.0 Å². The number of hydrogen-bond donors (Lipinski definition) is 0. The van der Waals surface area contributed by atoms with Gasteiger partial charge < -0.3 is 4.42 Å². The summed E-state index contributed by atoms with van der Waals surface area (Å²) in [5.74, 6) is 1.81. The van der Waals surface area contributed by atoms with E-state index >= 15 is 0 Å². The van der Waals surface area contributed by atoms with Crippen molar-refractivity contribution < 1.29 is 4.42 Å². The molecule has 7 aromatic carbocycles. The van der Waals surface area contributed by atoms with E-state index in [0.29, 0.717) is 17.5 Å². The van der Waals surface area contributed by atoms with Crippen molar-refractivity contribution in [2.24, 2.45) is 0 Å². The van der Waals surface area contributed by atoms with Crippen molar-refractivity contribution in [1.29, 1.82) is 0 Å². The Hall–Kier alpha value is -6.65. The lowest BCUT2D eigenvalue weighted by molar-refractivity contribution is 0.669. The summed E-state index contributed by atoms with van der Waals surface area (Å²) >= 11 is 0. The summed E-state index contributed by atoms with van der Waals surface area (Å²) in [6.45, 7) is 0. The van der Waals surface area contributed by atoms with Gasteiger partial charge in [0.05, 0.1) is 0 Å². The van der Waals surface area contributed by atoms with Gasteiger partial charge in [-0.25, -0.2) is 15.0 Å². The molecule has 230 valence electrons. The normalized spacial score (nSPS) is 11.3. The molecule has 0 atom stereocenters. The lowest BCUT2D eigenvalue weighted by Crippen LogP contribution is -2.00. The van der Waals surface area contributed by atoms with Crippen LogP contribution >= 0.6 is 0 Å². The van der Waals surface area contributed by atoms with E-state index in [-0.39, 0.29) is 0 Å². The minimum absolute atomic E-state index is 0.586. The van der Waals surface area contributed by atoms with Gasteiger partial charge in [-0.05, 0) is 75.8 Å². The Labute approximate surface area is 284 Å². The van der Waals surface area contributed by atoms with E-state index in [0.717, 1.165) is 72.0 Å². The van der Waals surface area contributed by atoms with Crippen LogP contribution in [0.15, 0.2) is 180 Å². The molecule has 0 radical (unpaired) electrons. The van der Waals surface area contributed by atoms with Gasteiger partial charge in [-0.1, -0.05) is 133 Å². The fourth-order valence-corrected chi connectivity index (χ4v) is 6.43. The summed E-state index contributed by atoms with van der Waals surface area (Å²) in [6, 6.07) is 60.5. The van der Waals surface area contributed by atoms with Crippen LogP contribution in [0.25, 0.3) is 89.5 Å². The van der Waals surface area contributed by atoms with Crippen molar-refractivity contribution >= 4 is 21.9 Å². The maximum atomic E-state index is 6.46. The highest BCUT2D eigenvalue weighted by atomic mass is 16.3. The van der Waals surface area contributed by atoms with Crippen molar-refractivity contribution in [2.45, 2.75) is 0 Å². The van der Waals surface area contributed by atoms with E-state index in [2.05, 4.69) is 121 Å². The first-order valence-corrected chi connectivity index (χ1v) is 16.4. The van der Waals surface area contributed by atoms with Gasteiger partial charge in [0.15, 0.2) is 17.5 Å². The Morgan fingerprint density at radius 2 is 0.633 bits per heavy atom. The second kappa shape index (κ2) is 12.2. The number of benzene rings is 7. The van der Waals surface area contributed by atoms with Crippen LogP contribution in [-0.2, 0) is 0 Å². The molecule has 0 N–H and O–H groups in total. The quantitative estimate of drug-likeness (QED) is 0.184. The molecular formula is C45H29N3O. The molecule has 0 saturated carbocycles. The third kappa shape index (κ3) is 5.56. The summed E-state index contributed by atoms with van der Waals surface area (Å²) in [6.07, 6.45) is 0. The Morgan fingerprint density at radius 3 is 1.14 bits per heavy atom. The first-order valence-electron chi connectivity index (χ1n) is 16.4. The first kappa shape index (κ1) is 28.6. The Balaban J connectivity index is 1.21. The van der Waals surface area contributed by atoms with Gasteiger partial charge in [0, 0.05) is 27.5 Å². The van der Waals surface area contributed by atoms with Crippen LogP contribution in [0.2, 0.25) is 0 Å². The van der Waals surface area contributed by atoms with Crippen molar-refractivity contribution in [3.63, 3.8) is 0 Å². The van der Waals surface area contributed by atoms with Gasteiger partial charge >= 0.3 is 0 Å². The van der Waals surface area contributed by atoms with E-state index in [9.17, 15) is 0 Å². The number of aromatic nitrogens is 3. The fraction of sp³-hybridized carbons (Fsp3) is 0. The predicted molar refractivity (Wildman–Crippen MR) is 200 cm³/mol. The SMILES string of the molecule is c1ccc(-c2cc(-c3ccccc3)cc(-c3nc(-c4ccccc4)nc(-c4ccc5c(c4)oc4cc(-c6ccccc6)ccc45)n3)c2)cc1. The number of hydrogen-bond acceptors (Lipinski definition) is 4. The van der Waals surface area contributed by atoms with Crippen LogP contribution in [0.3, 0.4) is 0 Å². The van der Waals surface area contributed by atoms with Gasteiger partial charge in [-0.2, -0.15) is 0 Å². The number of fused-ring (bicyclic) bond motifs is 3. The van der Waals surface area contributed by atoms with E-state index in [1.54, 1.807) is 0 Å². The van der Waals surface area contributed by atoms with Crippen LogP contribution in [0.4, 0.5) is 0 Å². The Kier molecular flexibility index (Phi) is 7.10. The molecule has 4 heteroatoms. The van der Waals surface area contributed by atoms with Crippen LogP contribution < -0.4 is 0 Å². The second-order valence-electron chi connectivity index (χ2n) is 12.1. The maximum absolute atomic E-state index is 6.46. The lowest BCUT2D eigenvalue weighted by atomic mass is 9.96. The van der Waals surface area contributed by atoms with E-state index < -0.39 is 0 Å². The lowest BCUT2D eigenvalue weighted by Gasteiger charge is -2.12. The van der Waals surface area contributed by atoms with Crippen molar-refractivity contribution in [3.05, 3.63) is 176 Å². The largest absolute Gasteiger partial charge is 0.456 e. The predicted octanol–water partition coefficient (Wildman–Crippen LogP) is 11.8. The van der Waals surface area contributed by atoms with Crippen molar-refractivity contribution in [3.8, 4) is 67.5 Å². The zero-order valence-electron chi connectivity index (χ0n) is 26.5. The van der Waals surface area contributed by atoms with Gasteiger partial charge in [-0.3, -0.25) is 0 Å². The zero-order valence-corrected chi connectivity index (χ0v) is 26.5. The second-order valence-corrected chi connectivity index (χ2v) is 12.1. The number of nitrogens with zero attached hydrogens (tertiary/aromatic N) is 3. The zero-order chi connectivity index (χ0) is 32.6. The van der Waals surface area contributed by atoms with Crippen LogP contribution in [0.5, 0.6) is 0 Å². The molecule has 0 aliphatic carbocycles. The highest BCUT2D eigenvalue weighted by molar-refractivity contribution is 6.06. The van der Waals surface area contributed by atoms with Crippen LogP contribution in [0.1, 0.15) is 0 Å². The molecule has 0 aliphatic rings. The number of rotatable bonds is 6. The monoisotopic (exact) mass is 627 g/mol. The standard InChI is InChI=1S/C45H29N3O/c1-5-13-30(14-6-1)34-21-23-39-40-24-22-35(29-42(40)49-41(39)28-34)44-46-43(33-19-11-4-12-20-33)47-45(48-44)38-26-36(31-15-7-2-8-16-31)25-37(27-38)32-17-9-3-10-18-32/h1-29H. The third-order valence-electron chi connectivity index (χ3n) is 8.91. The van der Waals surface area contributed by atoms with Crippen LogP contribution in [-0.4, -0.2) is 15.0 Å². The molecule has 0 spiro atoms. The van der Waals surface area contributed by atoms with E-state index in [1.165, 1.54) is 0 Å². The Morgan fingerprint density at radius 1 is 0.265 bits per heavy atom. The summed E-state index contributed by atoms with van der Waals surface area (Å²) in [5, 5.41) is 2.13. The molecule has 0 bridgehead atoms. The van der Waals surface area contributed by atoms with Gasteiger partial charge in [0.25, 0.3) is 0 Å². The molecule has 4 nitrogen and oxygen atoms in total. The molecule has 2 heterocycles. The highest BCUT2D eigenvalue weighted by Gasteiger charge is 2.16. The van der Waals surface area contributed by atoms with Crippen LogP contribution in [0, 0.1) is 0 Å². The number of furan rings is 1. The fourth-order valence-electron chi connectivity index (χ4n) is 6.43. The van der Waals surface area contributed by atoms with E-state index in [1.807, 2.05) is 54.6 Å². The molecule has 9 rings (SSSR count). The highest BCUT2D eigenvalue weighted by Crippen LogP contribution is 2.36. The van der Waals surface area contributed by atoms with Crippen molar-refractivity contribution in [2.75, 3.05) is 0 Å². The molecule has 0 saturated heterocycles. The van der Waals surface area contributed by atoms with Gasteiger partial charge in [0.1, 0.15) is 11.2 Å². The maximum Gasteiger partial charge on any atom is 0.164 e. The molecule has 49 heavy (non-hydrogen) atoms. The summed E-state index contributed by atoms with van der Waals surface area (Å²) in [5.41, 5.74) is 11.1. The summed E-state index contributed by atoms with van der Waals surface area (Å²) in [7, 11) is 0. The third-order valence-corrected chi connectivity index (χ3v) is 8.91. The first-order chi connectivity index (χ1) is 24.2. The molecular weight excluding hydrogens is 599 g/mol. The van der Waals surface area contributed by atoms with E-state index in [4.69, 9.17) is 19.4 Å². The molecule has 2 aromatic heterocycles. The average molecular weight is 628 g/mol. The smallest absolute Gasteiger partial charge is 0.164 e. The Bertz CT molecular complexity index is 2520. The average Bonchev–Trinajstić information content (AvgIpc) is 3.56. The topological polar surface area (TPSA) is 51.8 Å². The summed E-state index contributed by atoms with van der Waals surface area (Å²) < 4.78 is 6.46. The molecule has 0 unspecified atom stereocenters. The molecule has 0 aliphatic heterocycles. The molecule has 0 fully saturated rings. The summed E-state index contributed by atoms with van der Waals surface area (Å²) in [4.78, 5) is 15.2. The minimum atomic E-state index is 0.586. The molecule has 0 amide bonds. The minimum Gasteiger partial charge on any atom is -0.456 e. The molecule has 9 aromatic rings. The van der Waals surface area contributed by atoms with Gasteiger partial charge in [-0.15, -0.1) is 0 Å². The van der Waals surface area contributed by atoms with Gasteiger partial charge in [0.2, 0.25) is 0 Å².